The fourth-order valence-electron chi connectivity index (χ4n) is 3.87. The van der Waals surface area contributed by atoms with Gasteiger partial charge in [0, 0.05) is 12.6 Å². The third kappa shape index (κ3) is 4.21. The summed E-state index contributed by atoms with van der Waals surface area (Å²) in [5, 5.41) is 3.48. The molecule has 2 aliphatic rings. The fraction of sp³-hybridized carbons (Fsp3) is 0.667. The van der Waals surface area contributed by atoms with Gasteiger partial charge < -0.3 is 10.1 Å². The molecule has 21 heavy (non-hydrogen) atoms. The fourth-order valence-corrected chi connectivity index (χ4v) is 3.87. The minimum absolute atomic E-state index is 0.833. The molecular weight excluding hydrogens is 260 g/mol. The van der Waals surface area contributed by atoms with Crippen molar-refractivity contribution in [3.05, 3.63) is 30.3 Å². The molecular formula is C18H28N2O. The molecule has 0 amide bonds. The molecule has 1 aromatic rings. The Morgan fingerprint density at radius 1 is 1.10 bits per heavy atom. The van der Waals surface area contributed by atoms with Gasteiger partial charge in [-0.15, -0.1) is 0 Å². The number of likely N-dealkylation sites (tertiary alicyclic amines) is 1. The van der Waals surface area contributed by atoms with Crippen LogP contribution >= 0.6 is 0 Å². The molecule has 0 spiro atoms. The summed E-state index contributed by atoms with van der Waals surface area (Å²) >= 11 is 0. The molecule has 1 N–H and O–H groups in total. The first-order valence-electron chi connectivity index (χ1n) is 8.56. The van der Waals surface area contributed by atoms with E-state index >= 15 is 0 Å². The SMILES string of the molecule is c1ccc(OCCCN2CCCC2C2CCNCC2)cc1. The maximum Gasteiger partial charge on any atom is 0.119 e. The summed E-state index contributed by atoms with van der Waals surface area (Å²) in [5.41, 5.74) is 0. The third-order valence-corrected chi connectivity index (χ3v) is 4.94. The first kappa shape index (κ1) is 14.9. The summed E-state index contributed by atoms with van der Waals surface area (Å²) in [6, 6.07) is 11.0. The first-order chi connectivity index (χ1) is 10.4. The van der Waals surface area contributed by atoms with Crippen LogP contribution in [0.2, 0.25) is 0 Å². The quantitative estimate of drug-likeness (QED) is 0.815. The highest BCUT2D eigenvalue weighted by atomic mass is 16.5. The van der Waals surface area contributed by atoms with Gasteiger partial charge in [-0.25, -0.2) is 0 Å². The van der Waals surface area contributed by atoms with Crippen LogP contribution in [0, 0.1) is 5.92 Å². The van der Waals surface area contributed by atoms with Crippen molar-refractivity contribution >= 4 is 0 Å². The van der Waals surface area contributed by atoms with Gasteiger partial charge in [-0.3, -0.25) is 4.90 Å². The standard InChI is InChI=1S/C18H28N2O/c1-2-6-17(7-3-1)21-15-5-14-20-13-4-8-18(20)16-9-11-19-12-10-16/h1-3,6-7,16,18-19H,4-5,8-15H2. The highest BCUT2D eigenvalue weighted by molar-refractivity contribution is 5.20. The Labute approximate surface area is 128 Å². The number of para-hydroxylation sites is 1. The van der Waals surface area contributed by atoms with Crippen LogP contribution in [0.25, 0.3) is 0 Å². The molecule has 2 aliphatic heterocycles. The van der Waals surface area contributed by atoms with Gasteiger partial charge in [0.25, 0.3) is 0 Å². The Bertz CT molecular complexity index is 403. The number of nitrogens with one attached hydrogen (secondary N) is 1. The van der Waals surface area contributed by atoms with Crippen molar-refractivity contribution in [1.29, 1.82) is 0 Å². The largest absolute Gasteiger partial charge is 0.494 e. The molecule has 3 heteroatoms. The molecule has 3 nitrogen and oxygen atoms in total. The number of ether oxygens (including phenoxy) is 1. The molecule has 0 bridgehead atoms. The normalized spacial score (nSPS) is 24.3. The van der Waals surface area contributed by atoms with Crippen molar-refractivity contribution in [2.75, 3.05) is 32.8 Å². The molecule has 1 aromatic carbocycles. The van der Waals surface area contributed by atoms with Crippen molar-refractivity contribution in [2.45, 2.75) is 38.1 Å². The summed E-state index contributed by atoms with van der Waals surface area (Å²) in [5.74, 6) is 1.91. The highest BCUT2D eigenvalue weighted by Crippen LogP contribution is 2.29. The number of rotatable bonds is 6. The molecule has 2 fully saturated rings. The predicted octanol–water partition coefficient (Wildman–Crippen LogP) is 2.92. The maximum absolute atomic E-state index is 5.81. The van der Waals surface area contributed by atoms with Gasteiger partial charge in [0.1, 0.15) is 5.75 Å². The zero-order valence-corrected chi connectivity index (χ0v) is 13.0. The molecule has 2 heterocycles. The van der Waals surface area contributed by atoms with Crippen LogP contribution < -0.4 is 10.1 Å². The van der Waals surface area contributed by atoms with E-state index in [1.807, 2.05) is 30.3 Å². The number of nitrogens with zero attached hydrogens (tertiary/aromatic N) is 1. The summed E-state index contributed by atoms with van der Waals surface area (Å²) in [7, 11) is 0. The number of hydrogen-bond acceptors (Lipinski definition) is 3. The molecule has 2 saturated heterocycles. The van der Waals surface area contributed by atoms with Crippen molar-refractivity contribution in [3.8, 4) is 5.75 Å². The zero-order chi connectivity index (χ0) is 14.3. The monoisotopic (exact) mass is 288 g/mol. The zero-order valence-electron chi connectivity index (χ0n) is 13.0. The van der Waals surface area contributed by atoms with E-state index in [2.05, 4.69) is 10.2 Å². The number of piperidine rings is 1. The molecule has 1 atom stereocenters. The first-order valence-corrected chi connectivity index (χ1v) is 8.56. The van der Waals surface area contributed by atoms with E-state index in [-0.39, 0.29) is 0 Å². The van der Waals surface area contributed by atoms with E-state index in [1.54, 1.807) is 0 Å². The van der Waals surface area contributed by atoms with Gasteiger partial charge in [0.05, 0.1) is 6.61 Å². The van der Waals surface area contributed by atoms with Gasteiger partial charge in [-0.1, -0.05) is 18.2 Å². The lowest BCUT2D eigenvalue weighted by Gasteiger charge is -2.34. The second-order valence-electron chi connectivity index (χ2n) is 6.35. The minimum Gasteiger partial charge on any atom is -0.494 e. The van der Waals surface area contributed by atoms with Crippen LogP contribution in [0.5, 0.6) is 5.75 Å². The van der Waals surface area contributed by atoms with Gasteiger partial charge in [0.2, 0.25) is 0 Å². The smallest absolute Gasteiger partial charge is 0.119 e. The lowest BCUT2D eigenvalue weighted by molar-refractivity contribution is 0.152. The molecule has 0 aliphatic carbocycles. The van der Waals surface area contributed by atoms with Crippen molar-refractivity contribution in [1.82, 2.24) is 10.2 Å². The average Bonchev–Trinajstić information content (AvgIpc) is 3.02. The molecule has 0 aromatic heterocycles. The van der Waals surface area contributed by atoms with E-state index in [4.69, 9.17) is 4.74 Å². The van der Waals surface area contributed by atoms with Crippen LogP contribution in [-0.2, 0) is 0 Å². The number of benzene rings is 1. The van der Waals surface area contributed by atoms with E-state index in [0.717, 1.165) is 30.7 Å². The Hall–Kier alpha value is -1.06. The Morgan fingerprint density at radius 2 is 1.90 bits per heavy atom. The van der Waals surface area contributed by atoms with Gasteiger partial charge >= 0.3 is 0 Å². The lowest BCUT2D eigenvalue weighted by Crippen LogP contribution is -2.41. The summed E-state index contributed by atoms with van der Waals surface area (Å²) in [4.78, 5) is 2.73. The Balaban J connectivity index is 1.39. The third-order valence-electron chi connectivity index (χ3n) is 4.94. The van der Waals surface area contributed by atoms with Gasteiger partial charge in [0.15, 0.2) is 0 Å². The summed E-state index contributed by atoms with van der Waals surface area (Å²) in [6.45, 7) is 5.75. The van der Waals surface area contributed by atoms with E-state index in [0.29, 0.717) is 0 Å². The van der Waals surface area contributed by atoms with Gasteiger partial charge in [-0.2, -0.15) is 0 Å². The molecule has 3 rings (SSSR count). The predicted molar refractivity (Wildman–Crippen MR) is 86.7 cm³/mol. The van der Waals surface area contributed by atoms with E-state index < -0.39 is 0 Å². The molecule has 0 radical (unpaired) electrons. The molecule has 116 valence electrons. The van der Waals surface area contributed by atoms with Crippen molar-refractivity contribution < 1.29 is 4.74 Å². The second kappa shape index (κ2) is 7.81. The Morgan fingerprint density at radius 3 is 2.71 bits per heavy atom. The number of hydrogen-bond donors (Lipinski definition) is 1. The van der Waals surface area contributed by atoms with E-state index in [1.165, 1.54) is 51.9 Å². The highest BCUT2D eigenvalue weighted by Gasteiger charge is 2.31. The lowest BCUT2D eigenvalue weighted by atomic mass is 9.88. The van der Waals surface area contributed by atoms with Crippen LogP contribution in [0.15, 0.2) is 30.3 Å². The van der Waals surface area contributed by atoms with Gasteiger partial charge in [-0.05, 0) is 69.8 Å². The molecule has 1 unspecified atom stereocenters. The van der Waals surface area contributed by atoms with Crippen LogP contribution in [-0.4, -0.2) is 43.7 Å². The summed E-state index contributed by atoms with van der Waals surface area (Å²) in [6.07, 6.45) is 6.65. The van der Waals surface area contributed by atoms with Crippen LogP contribution in [0.3, 0.4) is 0 Å². The van der Waals surface area contributed by atoms with E-state index in [9.17, 15) is 0 Å². The van der Waals surface area contributed by atoms with Crippen molar-refractivity contribution in [2.24, 2.45) is 5.92 Å². The molecule has 0 saturated carbocycles. The Kier molecular flexibility index (Phi) is 5.53. The summed E-state index contributed by atoms with van der Waals surface area (Å²) < 4.78 is 5.81. The second-order valence-corrected chi connectivity index (χ2v) is 6.35. The average molecular weight is 288 g/mol. The topological polar surface area (TPSA) is 24.5 Å². The van der Waals surface area contributed by atoms with Crippen molar-refractivity contribution in [3.63, 3.8) is 0 Å². The van der Waals surface area contributed by atoms with Crippen LogP contribution in [0.1, 0.15) is 32.1 Å². The maximum atomic E-state index is 5.81. The van der Waals surface area contributed by atoms with Crippen LogP contribution in [0.4, 0.5) is 0 Å². The minimum atomic E-state index is 0.833.